The molecule has 0 spiro atoms. The fourth-order valence-electron chi connectivity index (χ4n) is 7.91. The van der Waals surface area contributed by atoms with E-state index in [1.54, 1.807) is 66.7 Å². The van der Waals surface area contributed by atoms with Crippen molar-refractivity contribution < 1.29 is 47.6 Å². The summed E-state index contributed by atoms with van der Waals surface area (Å²) in [4.78, 5) is 51.7. The molecule has 0 aliphatic carbocycles. The second-order valence-corrected chi connectivity index (χ2v) is 18.0. The first kappa shape index (κ1) is 55.2. The molecule has 0 unspecified atom stereocenters. The zero-order valence-electron chi connectivity index (χ0n) is 41.9. The lowest BCUT2D eigenvalue weighted by Gasteiger charge is -2.09. The quantitative estimate of drug-likeness (QED) is 0.0168. The van der Waals surface area contributed by atoms with Gasteiger partial charge in [-0.3, -0.25) is 0 Å². The predicted molar refractivity (Wildman–Crippen MR) is 280 cm³/mol. The largest absolute Gasteiger partial charge is 0.494 e. The average molecular weight is 967 g/mol. The Balaban J connectivity index is 0.950. The molecule has 0 N–H and O–H groups in total. The predicted octanol–water partition coefficient (Wildman–Crippen LogP) is 16.1. The van der Waals surface area contributed by atoms with Gasteiger partial charge in [0.15, 0.2) is 0 Å². The van der Waals surface area contributed by atoms with Crippen LogP contribution in [0.15, 0.2) is 134 Å². The third-order valence-corrected chi connectivity index (χ3v) is 12.1. The van der Waals surface area contributed by atoms with Crippen LogP contribution in [0.5, 0.6) is 34.5 Å². The summed E-state index contributed by atoms with van der Waals surface area (Å²) in [6.45, 7) is 7.29. The van der Waals surface area contributed by atoms with Crippen LogP contribution in [0.25, 0.3) is 0 Å². The van der Waals surface area contributed by atoms with Crippen LogP contribution in [0.3, 0.4) is 0 Å². The maximum Gasteiger partial charge on any atom is 0.343 e. The fraction of sp³-hybridized carbons (Fsp3) is 0.410. The first-order valence-corrected chi connectivity index (χ1v) is 26.1. The molecule has 10 heteroatoms. The van der Waals surface area contributed by atoms with E-state index < -0.39 is 23.9 Å². The Morgan fingerprint density at radius 2 is 0.634 bits per heavy atom. The Hall–Kier alpha value is -6.68. The highest BCUT2D eigenvalue weighted by Gasteiger charge is 2.16. The third kappa shape index (κ3) is 21.9. The molecular weight excluding hydrogens is 893 g/mol. The van der Waals surface area contributed by atoms with Crippen LogP contribution in [0, 0.1) is 0 Å². The molecule has 10 nitrogen and oxygen atoms in total. The molecule has 0 aliphatic rings. The summed E-state index contributed by atoms with van der Waals surface area (Å²) >= 11 is 0. The molecule has 0 atom stereocenters. The van der Waals surface area contributed by atoms with Crippen LogP contribution in [0.4, 0.5) is 0 Å². The lowest BCUT2D eigenvalue weighted by molar-refractivity contribution is 0.0723. The highest BCUT2D eigenvalue weighted by molar-refractivity contribution is 5.94. The van der Waals surface area contributed by atoms with Crippen LogP contribution in [0.1, 0.15) is 190 Å². The van der Waals surface area contributed by atoms with Gasteiger partial charge in [0.2, 0.25) is 0 Å². The molecule has 0 aromatic heterocycles. The molecular formula is C61H74O10. The molecule has 0 heterocycles. The first-order valence-electron chi connectivity index (χ1n) is 26.1. The van der Waals surface area contributed by atoms with Crippen LogP contribution < -0.4 is 28.4 Å². The number of ether oxygens (including phenoxy) is 6. The van der Waals surface area contributed by atoms with E-state index in [1.165, 1.54) is 164 Å². The highest BCUT2D eigenvalue weighted by atomic mass is 16.6. The van der Waals surface area contributed by atoms with Gasteiger partial charge in [0.05, 0.1) is 35.5 Å². The second kappa shape index (κ2) is 33.0. The number of hydrogen-bond donors (Lipinski definition) is 0. The molecule has 0 saturated carbocycles. The monoisotopic (exact) mass is 967 g/mol. The summed E-state index contributed by atoms with van der Waals surface area (Å²) in [6, 6.07) is 31.8. The average Bonchev–Trinajstić information content (AvgIpc) is 3.39. The number of carbonyl (C=O) groups is 4. The Morgan fingerprint density at radius 1 is 0.352 bits per heavy atom. The molecule has 0 radical (unpaired) electrons. The second-order valence-electron chi connectivity index (χ2n) is 18.0. The van der Waals surface area contributed by atoms with Crippen molar-refractivity contribution in [2.24, 2.45) is 0 Å². The molecule has 71 heavy (non-hydrogen) atoms. The van der Waals surface area contributed by atoms with Crippen LogP contribution in [0.2, 0.25) is 0 Å². The number of unbranched alkanes of at least 4 members (excludes halogenated alkanes) is 20. The Morgan fingerprint density at radius 3 is 0.958 bits per heavy atom. The molecule has 0 fully saturated rings. The van der Waals surface area contributed by atoms with Gasteiger partial charge in [-0.1, -0.05) is 135 Å². The van der Waals surface area contributed by atoms with Crippen molar-refractivity contribution in [3.05, 3.63) is 156 Å². The highest BCUT2D eigenvalue weighted by Crippen LogP contribution is 2.25. The number of hydrogen-bond acceptors (Lipinski definition) is 10. The minimum Gasteiger partial charge on any atom is -0.494 e. The van der Waals surface area contributed by atoms with Gasteiger partial charge in [-0.2, -0.15) is 0 Å². The summed E-state index contributed by atoms with van der Waals surface area (Å²) < 4.78 is 33.9. The maximum atomic E-state index is 13.0. The normalized spacial score (nSPS) is 10.8. The van der Waals surface area contributed by atoms with Crippen molar-refractivity contribution in [1.82, 2.24) is 0 Å². The van der Waals surface area contributed by atoms with Crippen LogP contribution in [-0.4, -0.2) is 37.1 Å². The van der Waals surface area contributed by atoms with Gasteiger partial charge in [-0.05, 0) is 135 Å². The summed E-state index contributed by atoms with van der Waals surface area (Å²) in [5.41, 5.74) is 1.17. The van der Waals surface area contributed by atoms with Crippen molar-refractivity contribution >= 4 is 23.9 Å². The number of carbonyl (C=O) groups excluding carboxylic acids is 4. The van der Waals surface area contributed by atoms with Gasteiger partial charge in [-0.25, -0.2) is 19.2 Å². The lowest BCUT2D eigenvalue weighted by Crippen LogP contribution is -2.11. The van der Waals surface area contributed by atoms with Crippen molar-refractivity contribution in [3.8, 4) is 34.5 Å². The van der Waals surface area contributed by atoms with E-state index in [9.17, 15) is 19.2 Å². The van der Waals surface area contributed by atoms with Crippen molar-refractivity contribution in [2.75, 3.05) is 13.2 Å². The maximum absolute atomic E-state index is 13.0. The Bertz CT molecular complexity index is 2320. The molecule has 378 valence electrons. The minimum absolute atomic E-state index is 0.153. The number of allylic oxidation sites excluding steroid dienone is 1. The van der Waals surface area contributed by atoms with Gasteiger partial charge >= 0.3 is 23.9 Å². The van der Waals surface area contributed by atoms with Crippen LogP contribution in [-0.2, 0) is 0 Å². The molecule has 5 rings (SSSR count). The SMILES string of the molecule is C=CCCCCCCCCCOc1ccc(C(=O)Oc2ccc(C(=O)Oc3cccc(OC(=O)c4ccc(OC(=O)c5ccc(OCCCCCCCCCCCCCCCC)cc5)cc4)c3)cc2)cc1. The van der Waals surface area contributed by atoms with E-state index in [0.29, 0.717) is 35.8 Å². The number of esters is 4. The van der Waals surface area contributed by atoms with Gasteiger partial charge in [0, 0.05) is 6.07 Å². The summed E-state index contributed by atoms with van der Waals surface area (Å²) in [5.74, 6) is -0.175. The van der Waals surface area contributed by atoms with Crippen LogP contribution >= 0.6 is 0 Å². The molecule has 5 aromatic rings. The summed E-state index contributed by atoms with van der Waals surface area (Å²) in [5, 5.41) is 0. The van der Waals surface area contributed by atoms with E-state index in [1.807, 2.05) is 6.08 Å². The smallest absolute Gasteiger partial charge is 0.343 e. The van der Waals surface area contributed by atoms with Gasteiger partial charge in [-0.15, -0.1) is 6.58 Å². The third-order valence-electron chi connectivity index (χ3n) is 12.1. The van der Waals surface area contributed by atoms with E-state index in [2.05, 4.69) is 13.5 Å². The van der Waals surface area contributed by atoms with Gasteiger partial charge in [0.25, 0.3) is 0 Å². The topological polar surface area (TPSA) is 124 Å². The zero-order chi connectivity index (χ0) is 50.1. The molecule has 0 saturated heterocycles. The van der Waals surface area contributed by atoms with E-state index in [4.69, 9.17) is 28.4 Å². The molecule has 0 aliphatic heterocycles. The first-order chi connectivity index (χ1) is 34.8. The van der Waals surface area contributed by atoms with Crippen molar-refractivity contribution in [1.29, 1.82) is 0 Å². The van der Waals surface area contributed by atoms with Gasteiger partial charge in [0.1, 0.15) is 34.5 Å². The Kier molecular flexibility index (Phi) is 25.7. The van der Waals surface area contributed by atoms with E-state index >= 15 is 0 Å². The van der Waals surface area contributed by atoms with E-state index in [0.717, 1.165) is 32.1 Å². The van der Waals surface area contributed by atoms with Crippen molar-refractivity contribution in [3.63, 3.8) is 0 Å². The number of benzene rings is 5. The molecule has 0 amide bonds. The van der Waals surface area contributed by atoms with Gasteiger partial charge < -0.3 is 28.4 Å². The zero-order valence-corrected chi connectivity index (χ0v) is 41.9. The molecule has 5 aromatic carbocycles. The number of rotatable bonds is 35. The standard InChI is InChI=1S/C61H74O10/c1-3-5-7-9-11-13-14-15-16-17-19-21-23-25-46-67-53-39-31-49(32-40-53)59(63)69-55-43-35-51(36-44-55)61(65)71-57-28-26-27-56(47-57)70-60(64)50-33-41-54(42-34-50)68-58(62)48-29-37-52(38-30-48)66-45-24-22-20-18-12-10-8-6-4-2/h4,26-44,47H,2-3,5-25,45-46H2,1H3. The summed E-state index contributed by atoms with van der Waals surface area (Å²) in [7, 11) is 0. The lowest BCUT2D eigenvalue weighted by atomic mass is 10.0. The summed E-state index contributed by atoms with van der Waals surface area (Å²) in [6.07, 6.45) is 29.7. The minimum atomic E-state index is -0.661. The fourth-order valence-corrected chi connectivity index (χ4v) is 7.91. The Labute approximate surface area is 422 Å². The van der Waals surface area contributed by atoms with Crippen molar-refractivity contribution in [2.45, 2.75) is 148 Å². The molecule has 0 bridgehead atoms. The van der Waals surface area contributed by atoms with E-state index in [-0.39, 0.29) is 34.1 Å².